The molecule has 0 aliphatic rings. The highest BCUT2D eigenvalue weighted by Crippen LogP contribution is 2.44. The third kappa shape index (κ3) is 3.78. The van der Waals surface area contributed by atoms with Gasteiger partial charge < -0.3 is 4.74 Å². The Morgan fingerprint density at radius 2 is 1.22 bits per heavy atom. The van der Waals surface area contributed by atoms with Crippen LogP contribution in [0, 0.1) is 5.82 Å². The van der Waals surface area contributed by atoms with E-state index in [1.54, 1.807) is 13.2 Å². The fourth-order valence-electron chi connectivity index (χ4n) is 5.23. The van der Waals surface area contributed by atoms with E-state index in [1.807, 2.05) is 42.5 Å². The molecule has 37 heavy (non-hydrogen) atoms. The average molecular weight is 485 g/mol. The van der Waals surface area contributed by atoms with Crippen molar-refractivity contribution in [3.8, 4) is 17.0 Å². The molecule has 0 N–H and O–H groups in total. The Hall–Kier alpha value is -4.70. The minimum Gasteiger partial charge on any atom is -0.497 e. The Morgan fingerprint density at radius 3 is 1.73 bits per heavy atom. The normalized spacial score (nSPS) is 11.5. The van der Waals surface area contributed by atoms with Crippen LogP contribution in [-0.4, -0.2) is 16.9 Å². The van der Waals surface area contributed by atoms with Crippen molar-refractivity contribution >= 4 is 10.9 Å². The van der Waals surface area contributed by atoms with Crippen molar-refractivity contribution in [1.29, 1.82) is 0 Å². The highest BCUT2D eigenvalue weighted by atomic mass is 19.1. The molecule has 6 aromatic rings. The summed E-state index contributed by atoms with van der Waals surface area (Å²) in [5.74, 6) is 0.415. The summed E-state index contributed by atoms with van der Waals surface area (Å²) in [4.78, 5) is 0. The molecular weight excluding hydrogens is 459 g/mol. The SMILES string of the molecule is COc1ccc2c(c1)c(-c1cccc(F)c1)nn2C(c1ccccc1)(c1ccccc1)c1ccccc1. The number of nitrogens with zero attached hydrogens (tertiary/aromatic N) is 2. The van der Waals surface area contributed by atoms with E-state index in [4.69, 9.17) is 9.84 Å². The maximum absolute atomic E-state index is 14.4. The van der Waals surface area contributed by atoms with E-state index in [0.717, 1.165) is 33.3 Å². The molecule has 4 heteroatoms. The third-order valence-corrected chi connectivity index (χ3v) is 6.88. The lowest BCUT2D eigenvalue weighted by molar-refractivity contribution is 0.415. The van der Waals surface area contributed by atoms with Crippen LogP contribution in [0.4, 0.5) is 4.39 Å². The minimum absolute atomic E-state index is 0.302. The number of fused-ring (bicyclic) bond motifs is 1. The summed E-state index contributed by atoms with van der Waals surface area (Å²) in [6, 6.07) is 43.8. The van der Waals surface area contributed by atoms with Crippen LogP contribution in [0.2, 0.25) is 0 Å². The number of ether oxygens (including phenoxy) is 1. The van der Waals surface area contributed by atoms with Gasteiger partial charge in [-0.3, -0.25) is 0 Å². The van der Waals surface area contributed by atoms with Gasteiger partial charge in [0, 0.05) is 10.9 Å². The van der Waals surface area contributed by atoms with E-state index in [1.165, 1.54) is 12.1 Å². The standard InChI is InChI=1S/C33H25FN2O/c1-37-29-20-21-31-30(23-29)32(24-12-11-19-28(34)22-24)35-36(31)33(25-13-5-2-6-14-25,26-15-7-3-8-16-26)27-17-9-4-10-18-27/h2-23H,1H3. The Labute approximate surface area is 215 Å². The molecule has 0 saturated heterocycles. The maximum Gasteiger partial charge on any atom is 0.138 e. The fourth-order valence-corrected chi connectivity index (χ4v) is 5.23. The molecule has 1 heterocycles. The smallest absolute Gasteiger partial charge is 0.138 e. The first-order valence-corrected chi connectivity index (χ1v) is 12.2. The van der Waals surface area contributed by atoms with Gasteiger partial charge in [-0.1, -0.05) is 103 Å². The molecule has 0 fully saturated rings. The van der Waals surface area contributed by atoms with Gasteiger partial charge in [0.25, 0.3) is 0 Å². The first-order chi connectivity index (χ1) is 18.2. The Kier molecular flexibility index (Phi) is 5.78. The van der Waals surface area contributed by atoms with Crippen molar-refractivity contribution < 1.29 is 9.13 Å². The molecule has 0 aliphatic carbocycles. The van der Waals surface area contributed by atoms with Crippen LogP contribution in [0.15, 0.2) is 133 Å². The second kappa shape index (κ2) is 9.40. The van der Waals surface area contributed by atoms with Crippen molar-refractivity contribution in [2.45, 2.75) is 5.54 Å². The molecule has 0 unspecified atom stereocenters. The number of hydrogen-bond donors (Lipinski definition) is 0. The van der Waals surface area contributed by atoms with E-state index in [-0.39, 0.29) is 5.82 Å². The van der Waals surface area contributed by atoms with E-state index >= 15 is 0 Å². The molecule has 0 bridgehead atoms. The summed E-state index contributed by atoms with van der Waals surface area (Å²) in [5, 5.41) is 6.16. The van der Waals surface area contributed by atoms with Gasteiger partial charge in [0.05, 0.1) is 12.6 Å². The Bertz CT molecular complexity index is 1560. The summed E-state index contributed by atoms with van der Waals surface area (Å²) < 4.78 is 22.0. The van der Waals surface area contributed by atoms with Gasteiger partial charge in [0.2, 0.25) is 0 Å². The second-order valence-electron chi connectivity index (χ2n) is 8.96. The van der Waals surface area contributed by atoms with E-state index in [0.29, 0.717) is 11.3 Å². The van der Waals surface area contributed by atoms with Gasteiger partial charge in [0.1, 0.15) is 22.8 Å². The lowest BCUT2D eigenvalue weighted by atomic mass is 9.77. The van der Waals surface area contributed by atoms with Crippen LogP contribution < -0.4 is 4.74 Å². The molecule has 180 valence electrons. The van der Waals surface area contributed by atoms with Crippen molar-refractivity contribution in [2.24, 2.45) is 0 Å². The van der Waals surface area contributed by atoms with Gasteiger partial charge in [0.15, 0.2) is 0 Å². The maximum atomic E-state index is 14.4. The first-order valence-electron chi connectivity index (χ1n) is 12.2. The summed E-state index contributed by atoms with van der Waals surface area (Å²) in [5.41, 5.74) is 4.73. The lowest BCUT2D eigenvalue weighted by Crippen LogP contribution is -2.38. The predicted molar refractivity (Wildman–Crippen MR) is 146 cm³/mol. The van der Waals surface area contributed by atoms with Crippen molar-refractivity contribution in [3.05, 3.63) is 156 Å². The zero-order valence-corrected chi connectivity index (χ0v) is 20.4. The van der Waals surface area contributed by atoms with Crippen molar-refractivity contribution in [2.75, 3.05) is 7.11 Å². The summed E-state index contributed by atoms with van der Waals surface area (Å²) in [7, 11) is 1.65. The van der Waals surface area contributed by atoms with Crippen LogP contribution in [0.1, 0.15) is 16.7 Å². The number of hydrogen-bond acceptors (Lipinski definition) is 2. The van der Waals surface area contributed by atoms with Crippen LogP contribution in [0.5, 0.6) is 5.75 Å². The number of aromatic nitrogens is 2. The summed E-state index contributed by atoms with van der Waals surface area (Å²) in [6.07, 6.45) is 0. The number of rotatable bonds is 6. The molecule has 3 nitrogen and oxygen atoms in total. The Morgan fingerprint density at radius 1 is 0.649 bits per heavy atom. The lowest BCUT2D eigenvalue weighted by Gasteiger charge is -2.37. The average Bonchev–Trinajstić information content (AvgIpc) is 3.34. The zero-order valence-electron chi connectivity index (χ0n) is 20.4. The molecule has 0 radical (unpaired) electrons. The third-order valence-electron chi connectivity index (χ3n) is 6.88. The predicted octanol–water partition coefficient (Wildman–Crippen LogP) is 7.69. The van der Waals surface area contributed by atoms with Crippen LogP contribution in [0.25, 0.3) is 22.2 Å². The number of methoxy groups -OCH3 is 1. The summed E-state index contributed by atoms with van der Waals surface area (Å²) >= 11 is 0. The van der Waals surface area contributed by atoms with Crippen LogP contribution >= 0.6 is 0 Å². The molecular formula is C33H25FN2O. The van der Waals surface area contributed by atoms with Gasteiger partial charge >= 0.3 is 0 Å². The van der Waals surface area contributed by atoms with Gasteiger partial charge in [-0.2, -0.15) is 5.10 Å². The van der Waals surface area contributed by atoms with E-state index < -0.39 is 5.54 Å². The highest BCUT2D eigenvalue weighted by Gasteiger charge is 2.41. The molecule has 6 rings (SSSR count). The summed E-state index contributed by atoms with van der Waals surface area (Å²) in [6.45, 7) is 0. The second-order valence-corrected chi connectivity index (χ2v) is 8.96. The largest absolute Gasteiger partial charge is 0.497 e. The number of halogens is 1. The molecule has 0 amide bonds. The first kappa shape index (κ1) is 22.7. The quantitative estimate of drug-likeness (QED) is 0.227. The van der Waals surface area contributed by atoms with Gasteiger partial charge in [-0.05, 0) is 47.0 Å². The van der Waals surface area contributed by atoms with Gasteiger partial charge in [-0.25, -0.2) is 9.07 Å². The Balaban J connectivity index is 1.79. The molecule has 5 aromatic carbocycles. The molecule has 0 aliphatic heterocycles. The minimum atomic E-state index is -0.789. The van der Waals surface area contributed by atoms with Crippen molar-refractivity contribution in [1.82, 2.24) is 9.78 Å². The monoisotopic (exact) mass is 484 g/mol. The topological polar surface area (TPSA) is 27.1 Å². The van der Waals surface area contributed by atoms with Crippen LogP contribution in [-0.2, 0) is 5.54 Å². The molecule has 0 atom stereocenters. The molecule has 0 spiro atoms. The fraction of sp³-hybridized carbons (Fsp3) is 0.0606. The highest BCUT2D eigenvalue weighted by molar-refractivity contribution is 5.95. The zero-order chi connectivity index (χ0) is 25.2. The van der Waals surface area contributed by atoms with E-state index in [9.17, 15) is 4.39 Å². The molecule has 0 saturated carbocycles. The van der Waals surface area contributed by atoms with Crippen LogP contribution in [0.3, 0.4) is 0 Å². The van der Waals surface area contributed by atoms with Crippen molar-refractivity contribution in [3.63, 3.8) is 0 Å². The number of benzene rings is 5. The molecule has 1 aromatic heterocycles. The van der Waals surface area contributed by atoms with E-state index in [2.05, 4.69) is 77.5 Å². The van der Waals surface area contributed by atoms with Gasteiger partial charge in [-0.15, -0.1) is 0 Å².